The summed E-state index contributed by atoms with van der Waals surface area (Å²) in [5.74, 6) is -0.544. The zero-order chi connectivity index (χ0) is 17.8. The van der Waals surface area contributed by atoms with Crippen molar-refractivity contribution in [2.75, 3.05) is 0 Å². The highest BCUT2D eigenvalue weighted by atomic mass is 32.1. The Labute approximate surface area is 148 Å². The van der Waals surface area contributed by atoms with Crippen LogP contribution < -0.4 is 5.43 Å². The largest absolute Gasteiger partial charge is 0.508 e. The van der Waals surface area contributed by atoms with Crippen molar-refractivity contribution >= 4 is 23.5 Å². The number of nitrogens with zero attached hydrogens (tertiary/aromatic N) is 2. The second kappa shape index (κ2) is 7.14. The van der Waals surface area contributed by atoms with Gasteiger partial charge in [-0.15, -0.1) is 11.3 Å². The van der Waals surface area contributed by atoms with Gasteiger partial charge in [-0.2, -0.15) is 5.10 Å². The van der Waals surface area contributed by atoms with Crippen LogP contribution >= 0.6 is 11.3 Å². The van der Waals surface area contributed by atoms with Crippen molar-refractivity contribution in [1.82, 2.24) is 10.4 Å². The Kier molecular flexibility index (Phi) is 4.76. The number of hydrazone groups is 1. The quantitative estimate of drug-likeness (QED) is 0.495. The lowest BCUT2D eigenvalue weighted by atomic mass is 10.2. The maximum Gasteiger partial charge on any atom is 0.283 e. The third-order valence-electron chi connectivity index (χ3n) is 3.41. The first kappa shape index (κ1) is 16.7. The highest BCUT2D eigenvalue weighted by Crippen LogP contribution is 2.27. The molecule has 2 aromatic carbocycles. The first-order chi connectivity index (χ1) is 12.0. The van der Waals surface area contributed by atoms with Crippen LogP contribution in [0.25, 0.3) is 10.6 Å². The van der Waals surface area contributed by atoms with E-state index in [-0.39, 0.29) is 17.4 Å². The standard InChI is InChI=1S/C18H15N3O3S/c1-11-16(25-18(20-11)12-5-3-2-4-6-12)17(24)21-19-10-13-7-8-14(22)9-15(13)23/h2-10,22-23H,1H3,(H,21,24)/b19-10+. The Morgan fingerprint density at radius 1 is 1.20 bits per heavy atom. The number of benzene rings is 2. The Balaban J connectivity index is 1.73. The minimum Gasteiger partial charge on any atom is -0.508 e. The molecule has 0 unspecified atom stereocenters. The van der Waals surface area contributed by atoms with Gasteiger partial charge in [0.1, 0.15) is 21.4 Å². The Morgan fingerprint density at radius 3 is 2.68 bits per heavy atom. The molecule has 3 N–H and O–H groups in total. The van der Waals surface area contributed by atoms with E-state index in [4.69, 9.17) is 0 Å². The maximum absolute atomic E-state index is 12.3. The number of aromatic hydroxyl groups is 2. The number of hydrogen-bond acceptors (Lipinski definition) is 6. The zero-order valence-electron chi connectivity index (χ0n) is 13.3. The molecule has 0 aliphatic heterocycles. The van der Waals surface area contributed by atoms with Gasteiger partial charge >= 0.3 is 0 Å². The number of rotatable bonds is 4. The molecule has 3 aromatic rings. The SMILES string of the molecule is Cc1nc(-c2ccccc2)sc1C(=O)N/N=C/c1ccc(O)cc1O. The lowest BCUT2D eigenvalue weighted by Gasteiger charge is -2.00. The van der Waals surface area contributed by atoms with Crippen molar-refractivity contribution in [3.05, 3.63) is 64.7 Å². The average molecular weight is 353 g/mol. The second-order valence-corrected chi connectivity index (χ2v) is 6.24. The molecule has 25 heavy (non-hydrogen) atoms. The molecule has 0 bridgehead atoms. The van der Waals surface area contributed by atoms with Crippen LogP contribution in [-0.2, 0) is 0 Å². The van der Waals surface area contributed by atoms with E-state index in [1.165, 1.54) is 35.8 Å². The zero-order valence-corrected chi connectivity index (χ0v) is 14.1. The van der Waals surface area contributed by atoms with Crippen LogP contribution in [0.5, 0.6) is 11.5 Å². The number of amides is 1. The number of phenols is 2. The van der Waals surface area contributed by atoms with Crippen molar-refractivity contribution in [1.29, 1.82) is 0 Å². The minimum absolute atomic E-state index is 0.0487. The van der Waals surface area contributed by atoms with Gasteiger partial charge in [0.25, 0.3) is 5.91 Å². The van der Waals surface area contributed by atoms with Gasteiger partial charge in [0.2, 0.25) is 0 Å². The molecule has 126 valence electrons. The lowest BCUT2D eigenvalue weighted by molar-refractivity contribution is 0.0958. The van der Waals surface area contributed by atoms with Gasteiger partial charge in [0.05, 0.1) is 11.9 Å². The number of carbonyl (C=O) groups excluding carboxylic acids is 1. The molecule has 0 fully saturated rings. The topological polar surface area (TPSA) is 94.8 Å². The first-order valence-corrected chi connectivity index (χ1v) is 8.24. The van der Waals surface area contributed by atoms with Crippen molar-refractivity contribution in [3.63, 3.8) is 0 Å². The summed E-state index contributed by atoms with van der Waals surface area (Å²) in [6.45, 7) is 1.77. The summed E-state index contributed by atoms with van der Waals surface area (Å²) in [5, 5.41) is 23.5. The van der Waals surface area contributed by atoms with Gasteiger partial charge < -0.3 is 10.2 Å². The number of nitrogens with one attached hydrogen (secondary N) is 1. The van der Waals surface area contributed by atoms with Crippen LogP contribution in [0, 0.1) is 6.92 Å². The molecule has 1 amide bonds. The molecule has 0 saturated carbocycles. The van der Waals surface area contributed by atoms with Gasteiger partial charge in [0.15, 0.2) is 0 Å². The Bertz CT molecular complexity index is 936. The summed E-state index contributed by atoms with van der Waals surface area (Å²) in [5.41, 5.74) is 4.38. The molecular weight excluding hydrogens is 338 g/mol. The molecular formula is C18H15N3O3S. The smallest absolute Gasteiger partial charge is 0.283 e. The van der Waals surface area contributed by atoms with E-state index in [0.717, 1.165) is 10.6 Å². The summed E-state index contributed by atoms with van der Waals surface area (Å²) < 4.78 is 0. The fourth-order valence-electron chi connectivity index (χ4n) is 2.16. The predicted molar refractivity (Wildman–Crippen MR) is 97.1 cm³/mol. The molecule has 0 aliphatic carbocycles. The van der Waals surface area contributed by atoms with Crippen molar-refractivity contribution in [2.45, 2.75) is 6.92 Å². The van der Waals surface area contributed by atoms with Crippen molar-refractivity contribution in [2.24, 2.45) is 5.10 Å². The Morgan fingerprint density at radius 2 is 1.96 bits per heavy atom. The van der Waals surface area contributed by atoms with E-state index < -0.39 is 0 Å². The van der Waals surface area contributed by atoms with Gasteiger partial charge in [-0.3, -0.25) is 4.79 Å². The molecule has 0 saturated heterocycles. The molecule has 0 atom stereocenters. The van der Waals surface area contributed by atoms with E-state index in [2.05, 4.69) is 15.5 Å². The molecule has 1 aromatic heterocycles. The van der Waals surface area contributed by atoms with Crippen LogP contribution in [0.4, 0.5) is 0 Å². The normalized spacial score (nSPS) is 10.9. The van der Waals surface area contributed by atoms with Gasteiger partial charge in [-0.05, 0) is 19.1 Å². The third-order valence-corrected chi connectivity index (χ3v) is 4.61. The van der Waals surface area contributed by atoms with E-state index in [9.17, 15) is 15.0 Å². The summed E-state index contributed by atoms with van der Waals surface area (Å²) in [6.07, 6.45) is 1.31. The summed E-state index contributed by atoms with van der Waals surface area (Å²) in [6, 6.07) is 13.7. The molecule has 6 nitrogen and oxygen atoms in total. The number of aryl methyl sites for hydroxylation is 1. The van der Waals surface area contributed by atoms with E-state index in [1.807, 2.05) is 30.3 Å². The first-order valence-electron chi connectivity index (χ1n) is 7.43. The number of thiazole rings is 1. The highest BCUT2D eigenvalue weighted by Gasteiger charge is 2.15. The fraction of sp³-hybridized carbons (Fsp3) is 0.0556. The molecule has 7 heteroatoms. The van der Waals surface area contributed by atoms with Crippen LogP contribution in [0.2, 0.25) is 0 Å². The van der Waals surface area contributed by atoms with E-state index in [1.54, 1.807) is 6.92 Å². The number of carbonyl (C=O) groups is 1. The summed E-state index contributed by atoms with van der Waals surface area (Å²) in [7, 11) is 0. The van der Waals surface area contributed by atoms with Crippen LogP contribution in [-0.4, -0.2) is 27.3 Å². The van der Waals surface area contributed by atoms with E-state index >= 15 is 0 Å². The molecule has 3 rings (SSSR count). The maximum atomic E-state index is 12.3. The Hall–Kier alpha value is -3.19. The third kappa shape index (κ3) is 3.84. The minimum atomic E-state index is -0.369. The summed E-state index contributed by atoms with van der Waals surface area (Å²) >= 11 is 1.29. The average Bonchev–Trinajstić information content (AvgIpc) is 2.99. The van der Waals surface area contributed by atoms with Crippen LogP contribution in [0.3, 0.4) is 0 Å². The molecule has 1 heterocycles. The van der Waals surface area contributed by atoms with Crippen molar-refractivity contribution in [3.8, 4) is 22.1 Å². The monoisotopic (exact) mass is 353 g/mol. The number of aromatic nitrogens is 1. The number of phenolic OH excluding ortho intramolecular Hbond substituents is 2. The highest BCUT2D eigenvalue weighted by molar-refractivity contribution is 7.17. The molecule has 0 spiro atoms. The second-order valence-electron chi connectivity index (χ2n) is 5.24. The fourth-order valence-corrected chi connectivity index (χ4v) is 3.13. The van der Waals surface area contributed by atoms with Crippen LogP contribution in [0.15, 0.2) is 53.6 Å². The molecule has 0 aliphatic rings. The molecule has 0 radical (unpaired) electrons. The van der Waals surface area contributed by atoms with Gasteiger partial charge in [-0.1, -0.05) is 30.3 Å². The lowest BCUT2D eigenvalue weighted by Crippen LogP contribution is -2.17. The van der Waals surface area contributed by atoms with Crippen molar-refractivity contribution < 1.29 is 15.0 Å². The van der Waals surface area contributed by atoms with Crippen LogP contribution in [0.1, 0.15) is 20.9 Å². The predicted octanol–water partition coefficient (Wildman–Crippen LogP) is 3.29. The number of hydrogen-bond donors (Lipinski definition) is 3. The van der Waals surface area contributed by atoms with Gasteiger partial charge in [-0.25, -0.2) is 10.4 Å². The summed E-state index contributed by atoms with van der Waals surface area (Å²) in [4.78, 5) is 17.2. The van der Waals surface area contributed by atoms with Gasteiger partial charge in [0, 0.05) is 17.2 Å². The van der Waals surface area contributed by atoms with E-state index in [0.29, 0.717) is 16.1 Å².